The van der Waals surface area contributed by atoms with Gasteiger partial charge in [-0.3, -0.25) is 4.79 Å². The minimum atomic E-state index is 0.0954. The lowest BCUT2D eigenvalue weighted by Gasteiger charge is -2.40. The maximum absolute atomic E-state index is 12.6. The molecule has 0 radical (unpaired) electrons. The average molecular weight is 401 g/mol. The van der Waals surface area contributed by atoms with E-state index < -0.39 is 0 Å². The third kappa shape index (κ3) is 5.37. The minimum absolute atomic E-state index is 0.0954. The lowest BCUT2D eigenvalue weighted by Crippen LogP contribution is -2.47. The van der Waals surface area contributed by atoms with Crippen LogP contribution >= 0.6 is 11.8 Å². The Balaban J connectivity index is 1.59. The van der Waals surface area contributed by atoms with Gasteiger partial charge in [-0.05, 0) is 36.7 Å². The molecular formula is C22H32N4OS. The molecule has 6 heteroatoms. The van der Waals surface area contributed by atoms with E-state index in [2.05, 4.69) is 53.0 Å². The van der Waals surface area contributed by atoms with Crippen molar-refractivity contribution in [1.82, 2.24) is 20.1 Å². The lowest BCUT2D eigenvalue weighted by molar-refractivity contribution is -0.120. The summed E-state index contributed by atoms with van der Waals surface area (Å²) in [7, 11) is 0. The van der Waals surface area contributed by atoms with Gasteiger partial charge in [0.05, 0.1) is 12.3 Å². The predicted molar refractivity (Wildman–Crippen MR) is 114 cm³/mol. The van der Waals surface area contributed by atoms with Crippen molar-refractivity contribution in [2.45, 2.75) is 71.1 Å². The lowest BCUT2D eigenvalue weighted by atomic mass is 9.69. The van der Waals surface area contributed by atoms with Gasteiger partial charge in [0.2, 0.25) is 5.91 Å². The molecule has 0 spiro atoms. The van der Waals surface area contributed by atoms with Gasteiger partial charge < -0.3 is 9.88 Å². The molecule has 3 rings (SSSR count). The number of aryl methyl sites for hydroxylation is 1. The summed E-state index contributed by atoms with van der Waals surface area (Å²) in [5, 5.41) is 12.6. The molecule has 2 atom stereocenters. The number of amides is 1. The Morgan fingerprint density at radius 3 is 2.61 bits per heavy atom. The van der Waals surface area contributed by atoms with E-state index in [9.17, 15) is 4.79 Å². The Kier molecular flexibility index (Phi) is 6.81. The van der Waals surface area contributed by atoms with Crippen LogP contribution in [-0.2, 0) is 11.3 Å². The van der Waals surface area contributed by atoms with E-state index in [1.165, 1.54) is 36.6 Å². The molecular weight excluding hydrogens is 368 g/mol. The molecule has 2 unspecified atom stereocenters. The quantitative estimate of drug-likeness (QED) is 0.728. The van der Waals surface area contributed by atoms with Gasteiger partial charge in [0.15, 0.2) is 5.16 Å². The fraction of sp³-hybridized carbons (Fsp3) is 0.591. The van der Waals surface area contributed by atoms with Crippen LogP contribution in [0, 0.1) is 18.3 Å². The fourth-order valence-electron chi connectivity index (χ4n) is 4.14. The number of rotatable bonds is 6. The summed E-state index contributed by atoms with van der Waals surface area (Å²) >= 11 is 1.47. The normalized spacial score (nSPS) is 20.1. The molecule has 28 heavy (non-hydrogen) atoms. The van der Waals surface area contributed by atoms with Gasteiger partial charge in [-0.2, -0.15) is 0 Å². The number of hydrogen-bond donors (Lipinski definition) is 1. The molecule has 1 saturated carbocycles. The van der Waals surface area contributed by atoms with Gasteiger partial charge in [0.25, 0.3) is 0 Å². The molecule has 2 aromatic rings. The number of aromatic nitrogens is 3. The van der Waals surface area contributed by atoms with Crippen molar-refractivity contribution < 1.29 is 4.79 Å². The van der Waals surface area contributed by atoms with Gasteiger partial charge >= 0.3 is 0 Å². The smallest absolute Gasteiger partial charge is 0.230 e. The number of nitrogens with zero attached hydrogens (tertiary/aromatic N) is 3. The van der Waals surface area contributed by atoms with Crippen molar-refractivity contribution in [1.29, 1.82) is 0 Å². The monoisotopic (exact) mass is 400 g/mol. The summed E-state index contributed by atoms with van der Waals surface area (Å²) in [6.45, 7) is 9.53. The molecule has 0 aliphatic heterocycles. The van der Waals surface area contributed by atoms with Crippen molar-refractivity contribution in [3.8, 4) is 0 Å². The summed E-state index contributed by atoms with van der Waals surface area (Å²) < 4.78 is 2.08. The largest absolute Gasteiger partial charge is 0.352 e. The van der Waals surface area contributed by atoms with Crippen LogP contribution in [0.3, 0.4) is 0 Å². The molecule has 1 heterocycles. The highest BCUT2D eigenvalue weighted by Crippen LogP contribution is 2.38. The van der Waals surface area contributed by atoms with Gasteiger partial charge in [0.1, 0.15) is 5.82 Å². The third-order valence-electron chi connectivity index (χ3n) is 5.64. The highest BCUT2D eigenvalue weighted by atomic mass is 32.2. The van der Waals surface area contributed by atoms with Crippen LogP contribution in [-0.4, -0.2) is 32.5 Å². The van der Waals surface area contributed by atoms with E-state index >= 15 is 0 Å². The molecule has 0 bridgehead atoms. The zero-order chi connectivity index (χ0) is 20.1. The number of nitrogens with one attached hydrogen (secondary N) is 1. The third-order valence-corrected chi connectivity index (χ3v) is 6.61. The molecule has 1 aliphatic rings. The summed E-state index contributed by atoms with van der Waals surface area (Å²) in [5.74, 6) is 1.88. The molecule has 1 aromatic heterocycles. The van der Waals surface area contributed by atoms with Crippen LogP contribution in [0.4, 0.5) is 0 Å². The molecule has 1 fully saturated rings. The molecule has 1 aliphatic carbocycles. The van der Waals surface area contributed by atoms with Crippen molar-refractivity contribution in [2.75, 3.05) is 5.75 Å². The van der Waals surface area contributed by atoms with Crippen LogP contribution in [0.25, 0.3) is 0 Å². The predicted octanol–water partition coefficient (Wildman–Crippen LogP) is 4.45. The minimum Gasteiger partial charge on any atom is -0.352 e. The highest BCUT2D eigenvalue weighted by molar-refractivity contribution is 7.99. The molecule has 0 saturated heterocycles. The summed E-state index contributed by atoms with van der Waals surface area (Å²) in [5.41, 5.74) is 1.42. The second-order valence-electron chi connectivity index (χ2n) is 8.82. The summed E-state index contributed by atoms with van der Waals surface area (Å²) in [4.78, 5) is 12.6. The summed E-state index contributed by atoms with van der Waals surface area (Å²) in [6, 6.07) is 10.5. The SMILES string of the molecule is Cc1nnc(SCC(=O)NC2CCCCC2C(C)(C)C)n1Cc1ccccc1. The van der Waals surface area contributed by atoms with Crippen molar-refractivity contribution >= 4 is 17.7 Å². The number of carbonyl (C=O) groups excluding carboxylic acids is 1. The van der Waals surface area contributed by atoms with Crippen LogP contribution < -0.4 is 5.32 Å². The Morgan fingerprint density at radius 2 is 1.89 bits per heavy atom. The number of carbonyl (C=O) groups is 1. The Labute approximate surface area is 172 Å². The first kappa shape index (κ1) is 20.9. The van der Waals surface area contributed by atoms with Gasteiger partial charge in [0, 0.05) is 6.04 Å². The van der Waals surface area contributed by atoms with Crippen LogP contribution in [0.15, 0.2) is 35.5 Å². The van der Waals surface area contributed by atoms with E-state index in [1.807, 2.05) is 25.1 Å². The first-order valence-electron chi connectivity index (χ1n) is 10.2. The van der Waals surface area contributed by atoms with E-state index in [1.54, 1.807) is 0 Å². The number of thioether (sulfide) groups is 1. The zero-order valence-electron chi connectivity index (χ0n) is 17.4. The van der Waals surface area contributed by atoms with E-state index in [-0.39, 0.29) is 17.4 Å². The van der Waals surface area contributed by atoms with Gasteiger partial charge in [-0.25, -0.2) is 0 Å². The number of hydrogen-bond acceptors (Lipinski definition) is 4. The Bertz CT molecular complexity index is 782. The molecule has 1 N–H and O–H groups in total. The van der Waals surface area contributed by atoms with E-state index in [0.717, 1.165) is 23.9 Å². The maximum Gasteiger partial charge on any atom is 0.230 e. The fourth-order valence-corrected chi connectivity index (χ4v) is 4.93. The Hall–Kier alpha value is -1.82. The average Bonchev–Trinajstić information content (AvgIpc) is 3.00. The maximum atomic E-state index is 12.6. The molecule has 5 nitrogen and oxygen atoms in total. The summed E-state index contributed by atoms with van der Waals surface area (Å²) in [6.07, 6.45) is 4.76. The van der Waals surface area contributed by atoms with E-state index in [4.69, 9.17) is 0 Å². The van der Waals surface area contributed by atoms with Crippen molar-refractivity contribution in [2.24, 2.45) is 11.3 Å². The van der Waals surface area contributed by atoms with Crippen LogP contribution in [0.1, 0.15) is 57.8 Å². The second-order valence-corrected chi connectivity index (χ2v) is 9.76. The highest BCUT2D eigenvalue weighted by Gasteiger charge is 2.34. The Morgan fingerprint density at radius 1 is 1.18 bits per heavy atom. The molecule has 1 amide bonds. The van der Waals surface area contributed by atoms with Crippen LogP contribution in [0.5, 0.6) is 0 Å². The van der Waals surface area contributed by atoms with Crippen molar-refractivity contribution in [3.05, 3.63) is 41.7 Å². The first-order chi connectivity index (χ1) is 13.3. The molecule has 1 aromatic carbocycles. The van der Waals surface area contributed by atoms with Gasteiger partial charge in [-0.1, -0.05) is 75.7 Å². The standard InChI is InChI=1S/C22H32N4OS/c1-16-24-25-21(26(16)14-17-10-6-5-7-11-17)28-15-20(27)23-19-13-9-8-12-18(19)22(2,3)4/h5-7,10-11,18-19H,8-9,12-15H2,1-4H3,(H,23,27). The van der Waals surface area contributed by atoms with Gasteiger partial charge in [-0.15, -0.1) is 10.2 Å². The van der Waals surface area contributed by atoms with Crippen LogP contribution in [0.2, 0.25) is 0 Å². The zero-order valence-corrected chi connectivity index (χ0v) is 18.3. The second kappa shape index (κ2) is 9.12. The first-order valence-corrected chi connectivity index (χ1v) is 11.2. The molecule has 152 valence electrons. The van der Waals surface area contributed by atoms with E-state index in [0.29, 0.717) is 11.7 Å². The number of benzene rings is 1. The topological polar surface area (TPSA) is 59.8 Å². The van der Waals surface area contributed by atoms with Crippen molar-refractivity contribution in [3.63, 3.8) is 0 Å².